The molecule has 0 radical (unpaired) electrons. The number of β-amino-alcohol motifs (C(OH)–C–C–N with tert-alkyl or cyclic N) is 1. The number of hydrogen-bond acceptors (Lipinski definition) is 14. The predicted octanol–water partition coefficient (Wildman–Crippen LogP) is 6.04. The Balaban J connectivity index is 0.845. The van der Waals surface area contributed by atoms with Gasteiger partial charge >= 0.3 is 0 Å². The Morgan fingerprint density at radius 3 is 2.27 bits per heavy atom. The fourth-order valence-electron chi connectivity index (χ4n) is 8.40. The summed E-state index contributed by atoms with van der Waals surface area (Å²) in [6, 6.07) is 15.8. The van der Waals surface area contributed by atoms with Crippen LogP contribution in [0.3, 0.4) is 0 Å². The van der Waals surface area contributed by atoms with Crippen LogP contribution >= 0.6 is 22.7 Å². The zero-order valence-electron chi connectivity index (χ0n) is 43.1. The van der Waals surface area contributed by atoms with Crippen LogP contribution in [0.4, 0.5) is 5.13 Å². The number of anilines is 1. The largest absolute Gasteiger partial charge is 0.391 e. The van der Waals surface area contributed by atoms with Crippen LogP contribution < -0.4 is 26.6 Å². The number of thiazole rings is 2. The van der Waals surface area contributed by atoms with Crippen LogP contribution in [-0.2, 0) is 45.3 Å². The number of amides is 6. The summed E-state index contributed by atoms with van der Waals surface area (Å²) in [5.41, 5.74) is 5.65. The molecule has 5 aromatic rings. The number of aliphatic hydroxyl groups is 1. The van der Waals surface area contributed by atoms with Crippen molar-refractivity contribution in [3.8, 4) is 21.7 Å². The van der Waals surface area contributed by atoms with E-state index in [1.807, 2.05) is 87.7 Å². The zero-order chi connectivity index (χ0) is 54.1. The second-order valence-corrected chi connectivity index (χ2v) is 23.3. The van der Waals surface area contributed by atoms with Crippen LogP contribution in [0, 0.1) is 12.3 Å². The molecule has 0 saturated carbocycles. The van der Waals surface area contributed by atoms with Gasteiger partial charge in [0.05, 0.1) is 39.7 Å². The summed E-state index contributed by atoms with van der Waals surface area (Å²) in [7, 11) is -3.62. The van der Waals surface area contributed by atoms with Crippen LogP contribution in [-0.4, -0.2) is 125 Å². The molecule has 0 aliphatic carbocycles. The predicted molar refractivity (Wildman–Crippen MR) is 289 cm³/mol. The van der Waals surface area contributed by atoms with Crippen molar-refractivity contribution in [3.05, 3.63) is 101 Å². The molecule has 3 aromatic heterocycles. The molecule has 6 N–H and O–H groups in total. The monoisotopic (exact) mass is 1090 g/mol. The molecule has 1 fully saturated rings. The summed E-state index contributed by atoms with van der Waals surface area (Å²) in [6.07, 6.45) is 7.48. The van der Waals surface area contributed by atoms with E-state index < -0.39 is 57.4 Å². The van der Waals surface area contributed by atoms with Gasteiger partial charge in [0.15, 0.2) is 5.13 Å². The number of carbonyl (C=O) groups is 6. The number of aliphatic hydroxyl groups excluding tert-OH is 1. The highest BCUT2D eigenvalue weighted by Gasteiger charge is 2.44. The SMILES string of the molecule is Cc1ncsc1-c1ccc(CNC(=O)[C@@H]2C[C@@H](O)CN2C(=O)C(NC(=O)CCCCCCCNC(=O)CCCOCCC(NC(=O)c2ccn(S(C)(=O)=O)c2)C(=O)Nc2nc(-c3ccccc3)cs2)C(C)(C)C)cc1. The molecule has 22 heteroatoms. The van der Waals surface area contributed by atoms with E-state index in [0.717, 1.165) is 63.2 Å². The number of benzene rings is 2. The van der Waals surface area contributed by atoms with Crippen molar-refractivity contribution < 1.29 is 47.0 Å². The van der Waals surface area contributed by atoms with Gasteiger partial charge < -0.3 is 41.3 Å². The molecule has 4 heterocycles. The summed E-state index contributed by atoms with van der Waals surface area (Å²) in [5, 5.41) is 27.0. The molecule has 2 aromatic carbocycles. The molecule has 4 atom stereocenters. The van der Waals surface area contributed by atoms with Crippen molar-refractivity contribution in [2.75, 3.05) is 37.9 Å². The topological polar surface area (TPSA) is 260 Å². The van der Waals surface area contributed by atoms with Gasteiger partial charge in [-0.3, -0.25) is 32.7 Å². The van der Waals surface area contributed by atoms with Crippen molar-refractivity contribution in [1.82, 2.24) is 40.1 Å². The van der Waals surface area contributed by atoms with Gasteiger partial charge in [0.1, 0.15) is 18.1 Å². The van der Waals surface area contributed by atoms with Gasteiger partial charge in [-0.15, -0.1) is 22.7 Å². The van der Waals surface area contributed by atoms with Crippen LogP contribution in [0.15, 0.2) is 83.9 Å². The third-order valence-corrected chi connectivity index (χ3v) is 15.3. The molecular formula is C53H69N9O10S3. The summed E-state index contributed by atoms with van der Waals surface area (Å²) >= 11 is 2.80. The first kappa shape index (κ1) is 57.9. The molecule has 6 rings (SSSR count). The lowest BCUT2D eigenvalue weighted by Gasteiger charge is -2.35. The Kier molecular flexibility index (Phi) is 21.2. The van der Waals surface area contributed by atoms with Gasteiger partial charge in [0, 0.05) is 75.4 Å². The van der Waals surface area contributed by atoms with Gasteiger partial charge in [0.2, 0.25) is 39.6 Å². The summed E-state index contributed by atoms with van der Waals surface area (Å²) in [4.78, 5) is 91.0. The number of aryl methyl sites for hydroxylation is 1. The fourth-order valence-corrected chi connectivity index (χ4v) is 10.5. The first-order valence-electron chi connectivity index (χ1n) is 25.2. The highest BCUT2D eigenvalue weighted by Crippen LogP contribution is 2.29. The number of ether oxygens (including phenoxy) is 1. The van der Waals surface area contributed by atoms with Gasteiger partial charge in [-0.1, -0.05) is 94.6 Å². The molecule has 19 nitrogen and oxygen atoms in total. The zero-order valence-corrected chi connectivity index (χ0v) is 45.6. The Morgan fingerprint density at radius 2 is 1.57 bits per heavy atom. The minimum absolute atomic E-state index is 0.00638. The number of likely N-dealkylation sites (tertiary alicyclic amines) is 1. The van der Waals surface area contributed by atoms with Gasteiger partial charge in [-0.05, 0) is 55.2 Å². The normalized spacial score (nSPS) is 15.5. The quantitative estimate of drug-likeness (QED) is 0.0329. The minimum Gasteiger partial charge on any atom is -0.391 e. The maximum Gasteiger partial charge on any atom is 0.253 e. The number of nitrogens with zero attached hydrogens (tertiary/aromatic N) is 4. The molecule has 75 heavy (non-hydrogen) atoms. The number of carbonyl (C=O) groups excluding carboxylic acids is 6. The van der Waals surface area contributed by atoms with Crippen LogP contribution in [0.5, 0.6) is 0 Å². The fraction of sp³-hybridized carbons (Fsp3) is 0.472. The van der Waals surface area contributed by atoms with E-state index in [2.05, 4.69) is 36.6 Å². The molecular weight excluding hydrogens is 1020 g/mol. The molecule has 1 saturated heterocycles. The average Bonchev–Trinajstić information content (AvgIpc) is 4.22. The van der Waals surface area contributed by atoms with Crippen LogP contribution in [0.1, 0.15) is 107 Å². The van der Waals surface area contributed by atoms with E-state index in [9.17, 15) is 42.3 Å². The number of aromatic nitrogens is 3. The second kappa shape index (κ2) is 27.5. The smallest absolute Gasteiger partial charge is 0.253 e. The maximum absolute atomic E-state index is 14.0. The van der Waals surface area contributed by atoms with Crippen LogP contribution in [0.2, 0.25) is 0 Å². The third-order valence-electron chi connectivity index (χ3n) is 12.6. The Labute approximate surface area is 446 Å². The summed E-state index contributed by atoms with van der Waals surface area (Å²) in [5.74, 6) is -2.33. The van der Waals surface area contributed by atoms with Gasteiger partial charge in [0.25, 0.3) is 5.91 Å². The van der Waals surface area contributed by atoms with Crippen molar-refractivity contribution in [1.29, 1.82) is 0 Å². The number of hydrogen-bond donors (Lipinski definition) is 6. The van der Waals surface area contributed by atoms with E-state index >= 15 is 0 Å². The van der Waals surface area contributed by atoms with Crippen molar-refractivity contribution in [2.24, 2.45) is 5.41 Å². The third kappa shape index (κ3) is 17.6. The Hall–Kier alpha value is -6.33. The van der Waals surface area contributed by atoms with Crippen molar-refractivity contribution >= 4 is 73.3 Å². The number of rotatable bonds is 27. The molecule has 0 bridgehead atoms. The molecule has 1 aliphatic rings. The second-order valence-electron chi connectivity index (χ2n) is 19.7. The van der Waals surface area contributed by atoms with Crippen LogP contribution in [0.25, 0.3) is 21.7 Å². The van der Waals surface area contributed by atoms with Gasteiger partial charge in [-0.25, -0.2) is 18.4 Å². The van der Waals surface area contributed by atoms with E-state index in [1.54, 1.807) is 16.8 Å². The van der Waals surface area contributed by atoms with Crippen molar-refractivity contribution in [2.45, 2.75) is 123 Å². The first-order chi connectivity index (χ1) is 35.8. The lowest BCUT2D eigenvalue weighted by Crippen LogP contribution is -2.57. The first-order valence-corrected chi connectivity index (χ1v) is 28.8. The molecule has 6 amide bonds. The average molecular weight is 1090 g/mol. The maximum atomic E-state index is 14.0. The highest BCUT2D eigenvalue weighted by molar-refractivity contribution is 7.89. The highest BCUT2D eigenvalue weighted by atomic mass is 32.2. The Morgan fingerprint density at radius 1 is 0.853 bits per heavy atom. The van der Waals surface area contributed by atoms with E-state index in [-0.39, 0.29) is 75.3 Å². The summed E-state index contributed by atoms with van der Waals surface area (Å²) in [6.45, 7) is 8.60. The molecule has 0 spiro atoms. The van der Waals surface area contributed by atoms with E-state index in [4.69, 9.17) is 4.74 Å². The molecule has 404 valence electrons. The molecule has 1 aliphatic heterocycles. The van der Waals surface area contributed by atoms with Crippen molar-refractivity contribution in [3.63, 3.8) is 0 Å². The molecule has 2 unspecified atom stereocenters. The standard InChI is InChI=1S/C53H69N9O10S3/c1-35-46(74-34-56-35)38-21-19-36(20-22-38)30-55-50(68)43-29-40(63)32-62(43)51(69)47(53(2,3)4)59-45(65)17-12-7-6-8-13-25-54-44(64)18-14-27-72-28-24-41(57-48(66)39-23-26-61(31-39)75(5,70)71)49(67)60-52-58-42(33-73-52)37-15-10-9-11-16-37/h9-11,15-16,19-23,26,31,33-34,40-41,43,47,63H,6-8,12-14,17-18,24-25,27-30,32H2,1-5H3,(H,54,64)(H,55,68)(H,57,66)(H,59,65)(H,58,60,67)/t40-,41?,43+,47?/m1/s1. The Bertz CT molecular complexity index is 2830. The number of unbranched alkanes of at least 4 members (excludes halogenated alkanes) is 4. The number of nitrogens with one attached hydrogen (secondary N) is 5. The minimum atomic E-state index is -3.62. The summed E-state index contributed by atoms with van der Waals surface area (Å²) < 4.78 is 30.6. The lowest BCUT2D eigenvalue weighted by atomic mass is 9.85. The lowest BCUT2D eigenvalue weighted by molar-refractivity contribution is -0.144. The van der Waals surface area contributed by atoms with E-state index in [0.29, 0.717) is 30.2 Å². The van der Waals surface area contributed by atoms with Gasteiger partial charge in [-0.2, -0.15) is 0 Å². The van der Waals surface area contributed by atoms with E-state index in [1.165, 1.54) is 34.7 Å².